The lowest BCUT2D eigenvalue weighted by molar-refractivity contribution is 0.456. The molecule has 1 rings (SSSR count). The van der Waals surface area contributed by atoms with Gasteiger partial charge in [-0.25, -0.2) is 4.39 Å². The summed E-state index contributed by atoms with van der Waals surface area (Å²) < 4.78 is 13.6. The van der Waals surface area contributed by atoms with Crippen LogP contribution in [0, 0.1) is 28.5 Å². The lowest BCUT2D eigenvalue weighted by atomic mass is 9.79. The number of hydrogen-bond acceptors (Lipinski definition) is 2. The lowest BCUT2D eigenvalue weighted by Crippen LogP contribution is -2.18. The largest absolute Gasteiger partial charge is 0.204 e. The average Bonchev–Trinajstić information content (AvgIpc) is 2.36. The minimum atomic E-state index is -0.713. The van der Waals surface area contributed by atoms with Gasteiger partial charge in [0.15, 0.2) is 5.82 Å². The Morgan fingerprint density at radius 1 is 1.17 bits per heavy atom. The van der Waals surface area contributed by atoms with Crippen LogP contribution < -0.4 is 0 Å². The highest BCUT2D eigenvalue weighted by atomic mass is 19.1. The maximum Gasteiger partial charge on any atom is 0.158 e. The normalized spacial score (nSPS) is 10.8. The maximum absolute atomic E-state index is 13.6. The average molecular weight is 244 g/mol. The summed E-state index contributed by atoms with van der Waals surface area (Å²) in [6, 6.07) is 6.75. The van der Waals surface area contributed by atoms with Crippen LogP contribution in [0.2, 0.25) is 0 Å². The Bertz CT molecular complexity index is 483. The molecule has 0 N–H and O–H groups in total. The van der Waals surface area contributed by atoms with Crippen LogP contribution in [-0.4, -0.2) is 0 Å². The number of hydrogen-bond donors (Lipinski definition) is 0. The summed E-state index contributed by atoms with van der Waals surface area (Å²) in [7, 11) is 0. The van der Waals surface area contributed by atoms with Gasteiger partial charge in [-0.2, -0.15) is 10.5 Å². The molecule has 0 unspecified atom stereocenters. The van der Waals surface area contributed by atoms with Crippen LogP contribution in [0.1, 0.15) is 56.7 Å². The van der Waals surface area contributed by atoms with E-state index in [1.165, 1.54) is 0 Å². The van der Waals surface area contributed by atoms with E-state index in [4.69, 9.17) is 10.5 Å². The van der Waals surface area contributed by atoms with Crippen molar-refractivity contribution in [3.63, 3.8) is 0 Å². The van der Waals surface area contributed by atoms with E-state index in [9.17, 15) is 4.39 Å². The summed E-state index contributed by atoms with van der Waals surface area (Å²) in [6.45, 7) is 6.22. The third-order valence-corrected chi connectivity index (χ3v) is 3.25. The summed E-state index contributed by atoms with van der Waals surface area (Å²) in [6.07, 6.45) is 3.10. The Morgan fingerprint density at radius 2 is 1.67 bits per heavy atom. The van der Waals surface area contributed by atoms with Gasteiger partial charge in [-0.15, -0.1) is 0 Å². The van der Waals surface area contributed by atoms with Crippen LogP contribution in [0.5, 0.6) is 0 Å². The highest BCUT2D eigenvalue weighted by molar-refractivity contribution is 5.46. The van der Waals surface area contributed by atoms with Crippen LogP contribution >= 0.6 is 0 Å². The third kappa shape index (κ3) is 2.87. The third-order valence-electron chi connectivity index (χ3n) is 3.25. The molecule has 0 aliphatic rings. The molecule has 2 nitrogen and oxygen atoms in total. The Hall–Kier alpha value is -1.87. The molecule has 3 heteroatoms. The second kappa shape index (κ2) is 5.65. The standard InChI is InChI=1S/C15H17FN2/c1-4-5-6-15(2,3)13-7-11(9-17)14(16)12(8-13)10-18/h7-8H,4-6H2,1-3H3. The van der Waals surface area contributed by atoms with E-state index in [0.717, 1.165) is 24.8 Å². The van der Waals surface area contributed by atoms with Crippen molar-refractivity contribution in [1.29, 1.82) is 10.5 Å². The van der Waals surface area contributed by atoms with Gasteiger partial charge < -0.3 is 0 Å². The van der Waals surface area contributed by atoms with Crippen molar-refractivity contribution in [2.75, 3.05) is 0 Å². The van der Waals surface area contributed by atoms with Crippen molar-refractivity contribution in [3.8, 4) is 12.1 Å². The van der Waals surface area contributed by atoms with Gasteiger partial charge >= 0.3 is 0 Å². The second-order valence-corrected chi connectivity index (χ2v) is 5.10. The number of rotatable bonds is 4. The summed E-state index contributed by atoms with van der Waals surface area (Å²) >= 11 is 0. The molecule has 1 aromatic carbocycles. The van der Waals surface area contributed by atoms with Gasteiger partial charge in [0.2, 0.25) is 0 Å². The molecule has 0 aromatic heterocycles. The number of nitrogens with zero attached hydrogens (tertiary/aromatic N) is 2. The zero-order valence-electron chi connectivity index (χ0n) is 11.0. The van der Waals surface area contributed by atoms with Gasteiger partial charge in [-0.3, -0.25) is 0 Å². The molecule has 0 saturated carbocycles. The topological polar surface area (TPSA) is 47.6 Å². The summed E-state index contributed by atoms with van der Waals surface area (Å²) in [5, 5.41) is 17.8. The Morgan fingerprint density at radius 3 is 2.06 bits per heavy atom. The fraction of sp³-hybridized carbons (Fsp3) is 0.467. The molecule has 0 bridgehead atoms. The van der Waals surface area contributed by atoms with E-state index in [1.54, 1.807) is 12.1 Å². The first-order valence-electron chi connectivity index (χ1n) is 6.10. The van der Waals surface area contributed by atoms with Gasteiger partial charge in [0.05, 0.1) is 11.1 Å². The monoisotopic (exact) mass is 244 g/mol. The zero-order chi connectivity index (χ0) is 13.8. The van der Waals surface area contributed by atoms with Crippen LogP contribution in [0.3, 0.4) is 0 Å². The summed E-state index contributed by atoms with van der Waals surface area (Å²) in [5.74, 6) is -0.713. The molecular weight excluding hydrogens is 227 g/mol. The van der Waals surface area contributed by atoms with Crippen molar-refractivity contribution in [3.05, 3.63) is 34.6 Å². The number of nitriles is 2. The highest BCUT2D eigenvalue weighted by Crippen LogP contribution is 2.31. The van der Waals surface area contributed by atoms with E-state index in [-0.39, 0.29) is 16.5 Å². The van der Waals surface area contributed by atoms with Crippen molar-refractivity contribution < 1.29 is 4.39 Å². The number of benzene rings is 1. The minimum Gasteiger partial charge on any atom is -0.204 e. The molecule has 1 aromatic rings. The van der Waals surface area contributed by atoms with Gasteiger partial charge in [0.25, 0.3) is 0 Å². The molecule has 0 heterocycles. The first-order valence-corrected chi connectivity index (χ1v) is 6.10. The van der Waals surface area contributed by atoms with Gasteiger partial charge in [0, 0.05) is 0 Å². The molecule has 0 aliphatic heterocycles. The van der Waals surface area contributed by atoms with Crippen LogP contribution in [0.15, 0.2) is 12.1 Å². The smallest absolute Gasteiger partial charge is 0.158 e. The molecule has 0 spiro atoms. The molecule has 94 valence electrons. The highest BCUT2D eigenvalue weighted by Gasteiger charge is 2.23. The van der Waals surface area contributed by atoms with Crippen molar-refractivity contribution >= 4 is 0 Å². The van der Waals surface area contributed by atoms with Crippen LogP contribution in [-0.2, 0) is 5.41 Å². The fourth-order valence-corrected chi connectivity index (χ4v) is 1.94. The maximum atomic E-state index is 13.6. The fourth-order valence-electron chi connectivity index (χ4n) is 1.94. The molecule has 0 atom stereocenters. The van der Waals surface area contributed by atoms with Gasteiger partial charge in [-0.05, 0) is 29.5 Å². The predicted molar refractivity (Wildman–Crippen MR) is 68.4 cm³/mol. The van der Waals surface area contributed by atoms with Crippen molar-refractivity contribution in [2.24, 2.45) is 0 Å². The first-order chi connectivity index (χ1) is 8.46. The van der Waals surface area contributed by atoms with E-state index < -0.39 is 5.82 Å². The van der Waals surface area contributed by atoms with Gasteiger partial charge in [-0.1, -0.05) is 33.6 Å². The Kier molecular flexibility index (Phi) is 4.45. The quantitative estimate of drug-likeness (QED) is 0.802. The number of unbranched alkanes of at least 4 members (excludes halogenated alkanes) is 1. The molecule has 0 aliphatic carbocycles. The van der Waals surface area contributed by atoms with Crippen LogP contribution in [0.25, 0.3) is 0 Å². The van der Waals surface area contributed by atoms with Gasteiger partial charge in [0.1, 0.15) is 12.1 Å². The molecule has 0 fully saturated rings. The summed E-state index contributed by atoms with van der Waals surface area (Å²) in [5.41, 5.74) is 0.605. The van der Waals surface area contributed by atoms with E-state index in [1.807, 2.05) is 12.1 Å². The molecule has 0 saturated heterocycles. The first kappa shape index (κ1) is 14.2. The second-order valence-electron chi connectivity index (χ2n) is 5.10. The zero-order valence-corrected chi connectivity index (χ0v) is 11.0. The molecule has 0 amide bonds. The Labute approximate surface area is 108 Å². The van der Waals surface area contributed by atoms with E-state index in [0.29, 0.717) is 0 Å². The Balaban J connectivity index is 3.27. The molecule has 0 radical (unpaired) electrons. The van der Waals surface area contributed by atoms with E-state index in [2.05, 4.69) is 20.8 Å². The molecular formula is C15H17FN2. The van der Waals surface area contributed by atoms with E-state index >= 15 is 0 Å². The van der Waals surface area contributed by atoms with Crippen LogP contribution in [0.4, 0.5) is 4.39 Å². The summed E-state index contributed by atoms with van der Waals surface area (Å²) in [4.78, 5) is 0. The SMILES string of the molecule is CCCCC(C)(C)c1cc(C#N)c(F)c(C#N)c1. The van der Waals surface area contributed by atoms with Crippen molar-refractivity contribution in [1.82, 2.24) is 0 Å². The lowest BCUT2D eigenvalue weighted by Gasteiger charge is -2.25. The molecule has 18 heavy (non-hydrogen) atoms. The minimum absolute atomic E-state index is 0.0476. The van der Waals surface area contributed by atoms with Crippen molar-refractivity contribution in [2.45, 2.75) is 45.4 Å². The number of halogens is 1. The predicted octanol–water partition coefficient (Wildman–Crippen LogP) is 4.04.